The summed E-state index contributed by atoms with van der Waals surface area (Å²) < 4.78 is 0. The summed E-state index contributed by atoms with van der Waals surface area (Å²) in [5.74, 6) is 0. The van der Waals surface area contributed by atoms with Gasteiger partial charge in [-0.2, -0.15) is 0 Å². The molecule has 8 aromatic carbocycles. The van der Waals surface area contributed by atoms with Crippen molar-refractivity contribution in [2.45, 2.75) is 26.2 Å². The smallest absolute Gasteiger partial charge is 0.252 e. The lowest BCUT2D eigenvalue weighted by Gasteiger charge is -2.44. The van der Waals surface area contributed by atoms with E-state index in [9.17, 15) is 0 Å². The molecule has 56 heavy (non-hydrogen) atoms. The van der Waals surface area contributed by atoms with Crippen molar-refractivity contribution < 1.29 is 0 Å². The summed E-state index contributed by atoms with van der Waals surface area (Å²) in [6.45, 7) is 7.06. The third-order valence-corrected chi connectivity index (χ3v) is 17.3. The number of fused-ring (bicyclic) bond motifs is 7. The van der Waals surface area contributed by atoms with Crippen molar-refractivity contribution in [2.75, 3.05) is 9.80 Å². The number of para-hydroxylation sites is 2. The molecule has 0 saturated heterocycles. The molecule has 0 amide bonds. The van der Waals surface area contributed by atoms with Crippen LogP contribution in [-0.2, 0) is 5.41 Å². The number of hydrogen-bond acceptors (Lipinski definition) is 2. The normalized spacial score (nSPS) is 14.4. The van der Waals surface area contributed by atoms with Gasteiger partial charge in [0.2, 0.25) is 0 Å². The fraction of sp³-hybridized carbons (Fsp3) is 0.0769. The van der Waals surface area contributed by atoms with E-state index in [0.717, 1.165) is 0 Å². The first-order chi connectivity index (χ1) is 27.4. The molecule has 8 aromatic rings. The molecule has 266 valence electrons. The van der Waals surface area contributed by atoms with E-state index in [1.54, 1.807) is 0 Å². The summed E-state index contributed by atoms with van der Waals surface area (Å²) in [6, 6.07) is 73.3. The highest BCUT2D eigenvalue weighted by molar-refractivity contribution is 7.22. The Morgan fingerprint density at radius 2 is 0.964 bits per heavy atom. The van der Waals surface area contributed by atoms with Crippen LogP contribution in [0.2, 0.25) is 0 Å². The van der Waals surface area contributed by atoms with Gasteiger partial charge in [-0.3, -0.25) is 0 Å². The van der Waals surface area contributed by atoms with Crippen LogP contribution in [0.25, 0.3) is 11.1 Å². The lowest BCUT2D eigenvalue weighted by atomic mass is 9.33. The molecule has 3 heterocycles. The summed E-state index contributed by atoms with van der Waals surface area (Å²) in [5, 5.41) is 5.74. The van der Waals surface area contributed by atoms with E-state index < -0.39 is 8.07 Å². The minimum absolute atomic E-state index is 0.0164. The Morgan fingerprint density at radius 3 is 1.66 bits per heavy atom. The van der Waals surface area contributed by atoms with Gasteiger partial charge in [-0.25, -0.2) is 0 Å². The molecule has 3 aliphatic heterocycles. The van der Waals surface area contributed by atoms with Crippen LogP contribution in [0.1, 0.15) is 26.3 Å². The van der Waals surface area contributed by atoms with Crippen LogP contribution in [0.15, 0.2) is 194 Å². The largest absolute Gasteiger partial charge is 0.311 e. The van der Waals surface area contributed by atoms with Crippen LogP contribution >= 0.6 is 0 Å². The van der Waals surface area contributed by atoms with Crippen molar-refractivity contribution in [3.8, 4) is 11.1 Å². The molecule has 0 N–H and O–H groups in total. The summed E-state index contributed by atoms with van der Waals surface area (Å²) in [5.41, 5.74) is 15.5. The number of nitrogens with zero attached hydrogens (tertiary/aromatic N) is 2. The van der Waals surface area contributed by atoms with Gasteiger partial charge in [0.05, 0.1) is 0 Å². The zero-order chi connectivity index (χ0) is 37.6. The highest BCUT2D eigenvalue weighted by Crippen LogP contribution is 2.45. The minimum atomic E-state index is -2.69. The molecule has 11 rings (SSSR count). The van der Waals surface area contributed by atoms with Gasteiger partial charge in [0.1, 0.15) is 0 Å². The van der Waals surface area contributed by atoms with Gasteiger partial charge in [-0.05, 0) is 108 Å². The summed E-state index contributed by atoms with van der Waals surface area (Å²) in [4.78, 5) is 5.05. The topological polar surface area (TPSA) is 6.48 Å². The molecule has 2 nitrogen and oxygen atoms in total. The minimum Gasteiger partial charge on any atom is -0.311 e. The maximum atomic E-state index is 2.56. The van der Waals surface area contributed by atoms with Gasteiger partial charge in [0.15, 0.2) is 8.07 Å². The SMILES string of the molecule is CC(C)(C)c1ccc2c(c1)B1c3ccccc3N(c3ccc4c(c3)[Si](c3ccccc3)(c3ccccc3)c3ccccc3-4)c3cccc(c31)N2c1ccccc1. The zero-order valence-electron chi connectivity index (χ0n) is 31.9. The molecule has 0 unspecified atom stereocenters. The molecule has 0 bridgehead atoms. The fourth-order valence-electron chi connectivity index (χ4n) is 10.1. The van der Waals surface area contributed by atoms with E-state index >= 15 is 0 Å². The Bertz CT molecular complexity index is 2770. The van der Waals surface area contributed by atoms with Crippen molar-refractivity contribution >= 4 is 86.0 Å². The highest BCUT2D eigenvalue weighted by Gasteiger charge is 2.49. The molecule has 0 spiro atoms. The van der Waals surface area contributed by atoms with E-state index in [2.05, 4.69) is 225 Å². The van der Waals surface area contributed by atoms with E-state index in [1.165, 1.54) is 87.9 Å². The van der Waals surface area contributed by atoms with Gasteiger partial charge < -0.3 is 9.80 Å². The number of anilines is 6. The molecule has 0 saturated carbocycles. The monoisotopic (exact) mass is 732 g/mol. The summed E-state index contributed by atoms with van der Waals surface area (Å²) in [6.07, 6.45) is 0. The average molecular weight is 733 g/mol. The van der Waals surface area contributed by atoms with Crippen LogP contribution in [0.3, 0.4) is 0 Å². The number of hydrogen-bond donors (Lipinski definition) is 0. The second kappa shape index (κ2) is 12.3. The van der Waals surface area contributed by atoms with Gasteiger partial charge in [0.25, 0.3) is 6.71 Å². The lowest BCUT2D eigenvalue weighted by molar-refractivity contribution is 0.591. The first-order valence-electron chi connectivity index (χ1n) is 19.8. The Hall–Kier alpha value is -6.36. The summed E-state index contributed by atoms with van der Waals surface area (Å²) in [7, 11) is -2.69. The molecular formula is C52H41BN2Si. The van der Waals surface area contributed by atoms with E-state index in [4.69, 9.17) is 0 Å². The standard InChI is InChI=1S/C52H41BN2Si/c1-52(2,3)36-30-33-46-44(34-36)53-43-25-14-15-26-45(43)55(48-28-17-27-47(51(48)53)54(46)37-18-7-4-8-19-37)38-31-32-42-41-24-13-16-29-49(41)56(50(42)35-38,39-20-9-5-10-21-39)40-22-11-6-12-23-40/h4-35H,1-3H3. The maximum Gasteiger partial charge on any atom is 0.252 e. The van der Waals surface area contributed by atoms with Gasteiger partial charge in [-0.15, -0.1) is 0 Å². The third kappa shape index (κ3) is 4.63. The molecule has 0 aromatic heterocycles. The first-order valence-corrected chi connectivity index (χ1v) is 21.8. The Labute approximate surface area is 331 Å². The Kier molecular flexibility index (Phi) is 7.27. The second-order valence-corrected chi connectivity index (χ2v) is 20.2. The van der Waals surface area contributed by atoms with E-state index in [0.29, 0.717) is 0 Å². The van der Waals surface area contributed by atoms with Crippen molar-refractivity contribution in [3.63, 3.8) is 0 Å². The van der Waals surface area contributed by atoms with Crippen LogP contribution in [-0.4, -0.2) is 14.8 Å². The molecule has 0 radical (unpaired) electrons. The van der Waals surface area contributed by atoms with Gasteiger partial charge in [0, 0.05) is 34.1 Å². The summed E-state index contributed by atoms with van der Waals surface area (Å²) >= 11 is 0. The van der Waals surface area contributed by atoms with E-state index in [-0.39, 0.29) is 12.1 Å². The maximum absolute atomic E-state index is 2.69. The van der Waals surface area contributed by atoms with Gasteiger partial charge >= 0.3 is 0 Å². The Balaban J connectivity index is 1.19. The second-order valence-electron chi connectivity index (χ2n) is 16.5. The molecular weight excluding hydrogens is 691 g/mol. The predicted octanol–water partition coefficient (Wildman–Crippen LogP) is 8.42. The molecule has 0 fully saturated rings. The average Bonchev–Trinajstić information content (AvgIpc) is 3.54. The molecule has 4 heteroatoms. The lowest BCUT2D eigenvalue weighted by Crippen LogP contribution is -2.72. The van der Waals surface area contributed by atoms with Crippen LogP contribution in [0.4, 0.5) is 34.1 Å². The first kappa shape index (κ1) is 33.0. The quantitative estimate of drug-likeness (QED) is 0.168. The van der Waals surface area contributed by atoms with Crippen LogP contribution < -0.4 is 46.9 Å². The van der Waals surface area contributed by atoms with Crippen LogP contribution in [0, 0.1) is 0 Å². The van der Waals surface area contributed by atoms with Crippen molar-refractivity contribution in [1.29, 1.82) is 0 Å². The molecule has 0 aliphatic carbocycles. The fourth-order valence-corrected chi connectivity index (χ4v) is 15.3. The van der Waals surface area contributed by atoms with E-state index in [1.807, 2.05) is 0 Å². The Morgan fingerprint density at radius 1 is 0.411 bits per heavy atom. The van der Waals surface area contributed by atoms with Crippen molar-refractivity contribution in [3.05, 3.63) is 200 Å². The van der Waals surface area contributed by atoms with Crippen molar-refractivity contribution in [1.82, 2.24) is 0 Å². The highest BCUT2D eigenvalue weighted by atomic mass is 28.3. The number of rotatable bonds is 4. The van der Waals surface area contributed by atoms with Crippen LogP contribution in [0.5, 0.6) is 0 Å². The molecule has 3 aliphatic rings. The molecule has 0 atom stereocenters. The third-order valence-electron chi connectivity index (χ3n) is 12.5. The van der Waals surface area contributed by atoms with Crippen molar-refractivity contribution in [2.24, 2.45) is 0 Å². The predicted molar refractivity (Wildman–Crippen MR) is 242 cm³/mol. The van der Waals surface area contributed by atoms with Gasteiger partial charge in [-0.1, -0.05) is 166 Å². The zero-order valence-corrected chi connectivity index (χ0v) is 32.9. The number of benzene rings is 8.